The van der Waals surface area contributed by atoms with E-state index < -0.39 is 0 Å². The third-order valence-electron chi connectivity index (χ3n) is 6.24. The van der Waals surface area contributed by atoms with E-state index in [4.69, 9.17) is 0 Å². The third-order valence-corrected chi connectivity index (χ3v) is 6.24. The van der Waals surface area contributed by atoms with E-state index in [0.717, 1.165) is 17.8 Å². The van der Waals surface area contributed by atoms with Gasteiger partial charge < -0.3 is 0 Å². The first-order valence-electron chi connectivity index (χ1n) is 8.99. The minimum absolute atomic E-state index is 0.0172. The highest BCUT2D eigenvalue weighted by molar-refractivity contribution is 5.88. The van der Waals surface area contributed by atoms with Gasteiger partial charge in [-0.15, -0.1) is 0 Å². The Bertz CT molecular complexity index is 1040. The third kappa shape index (κ3) is 1.54. The summed E-state index contributed by atoms with van der Waals surface area (Å²) in [5.74, 6) is 1.15. The van der Waals surface area contributed by atoms with Crippen molar-refractivity contribution < 1.29 is 4.57 Å². The molecule has 1 aliphatic heterocycles. The van der Waals surface area contributed by atoms with Crippen molar-refractivity contribution >= 4 is 0 Å². The van der Waals surface area contributed by atoms with E-state index in [1.54, 1.807) is 0 Å². The normalized spacial score (nSPS) is 24.4. The van der Waals surface area contributed by atoms with Gasteiger partial charge in [-0.1, -0.05) is 32.1 Å². The molecule has 1 N–H and O–H groups in total. The monoisotopic (exact) mass is 328 g/mol. The highest BCUT2D eigenvalue weighted by Gasteiger charge is 2.67. The van der Waals surface area contributed by atoms with Gasteiger partial charge in [0.05, 0.1) is 22.6 Å². The summed E-state index contributed by atoms with van der Waals surface area (Å²) in [6.07, 6.45) is 14.0. The number of allylic oxidation sites excluding steroid dienone is 4. The fourth-order valence-electron chi connectivity index (χ4n) is 5.25. The van der Waals surface area contributed by atoms with E-state index in [2.05, 4.69) is 73.8 Å². The number of aromatic amines is 1. The van der Waals surface area contributed by atoms with Crippen LogP contribution in [-0.2, 0) is 11.8 Å². The fourth-order valence-corrected chi connectivity index (χ4v) is 5.25. The molecule has 2 aromatic rings. The van der Waals surface area contributed by atoms with Gasteiger partial charge in [0.15, 0.2) is 0 Å². The zero-order valence-corrected chi connectivity index (χ0v) is 15.1. The molecule has 25 heavy (non-hydrogen) atoms. The van der Waals surface area contributed by atoms with Crippen molar-refractivity contribution in [3.8, 4) is 17.5 Å². The lowest BCUT2D eigenvalue weighted by molar-refractivity contribution is -0.709. The maximum absolute atomic E-state index is 9.96. The average molecular weight is 328 g/mol. The molecule has 124 valence electrons. The Kier molecular flexibility index (Phi) is 2.54. The molecule has 0 bridgehead atoms. The van der Waals surface area contributed by atoms with Gasteiger partial charge in [0.25, 0.3) is 5.82 Å². The van der Waals surface area contributed by atoms with Gasteiger partial charge in [0, 0.05) is 0 Å². The summed E-state index contributed by atoms with van der Waals surface area (Å²) in [7, 11) is 0. The second-order valence-electron chi connectivity index (χ2n) is 8.27. The summed E-state index contributed by atoms with van der Waals surface area (Å²) in [5.41, 5.74) is 7.49. The number of rotatable bonds is 3. The van der Waals surface area contributed by atoms with Crippen LogP contribution in [0.4, 0.5) is 0 Å². The van der Waals surface area contributed by atoms with Gasteiger partial charge in [-0.2, -0.15) is 5.26 Å². The van der Waals surface area contributed by atoms with Crippen LogP contribution in [-0.4, -0.2) is 4.98 Å². The van der Waals surface area contributed by atoms with Crippen LogP contribution >= 0.6 is 0 Å². The number of hydrogen-bond acceptors (Lipinski definition) is 1. The van der Waals surface area contributed by atoms with Crippen molar-refractivity contribution in [2.75, 3.05) is 0 Å². The predicted octanol–water partition coefficient (Wildman–Crippen LogP) is 4.02. The number of fused-ring (bicyclic) bond motifs is 3. The van der Waals surface area contributed by atoms with Gasteiger partial charge in [0.1, 0.15) is 18.4 Å². The lowest BCUT2D eigenvalue weighted by Gasteiger charge is -2.31. The summed E-state index contributed by atoms with van der Waals surface area (Å²) in [5, 5.41) is 9.96. The van der Waals surface area contributed by atoms with E-state index in [0.29, 0.717) is 6.04 Å². The maximum Gasteiger partial charge on any atom is 0.287 e. The Morgan fingerprint density at radius 3 is 2.84 bits per heavy atom. The number of hydrogen-bond donors (Lipinski definition) is 1. The molecule has 3 heteroatoms. The smallest absolute Gasteiger partial charge is 0.243 e. The van der Waals surface area contributed by atoms with Crippen molar-refractivity contribution in [2.45, 2.75) is 45.6 Å². The van der Waals surface area contributed by atoms with E-state index in [9.17, 15) is 5.26 Å². The molecule has 0 radical (unpaired) electrons. The van der Waals surface area contributed by atoms with Crippen molar-refractivity contribution in [2.24, 2.45) is 5.41 Å². The molecular formula is C22H22N3+. The number of nitriles is 1. The summed E-state index contributed by atoms with van der Waals surface area (Å²) in [6.45, 7) is 8.69. The number of H-pyrrole nitrogens is 1. The summed E-state index contributed by atoms with van der Waals surface area (Å²) >= 11 is 0. The van der Waals surface area contributed by atoms with Crippen LogP contribution in [0.25, 0.3) is 11.4 Å². The molecule has 0 saturated carbocycles. The first-order chi connectivity index (χ1) is 12.0. The highest BCUT2D eigenvalue weighted by Crippen LogP contribution is 2.69. The Balaban J connectivity index is 1.82. The first-order valence-corrected chi connectivity index (χ1v) is 8.99. The zero-order chi connectivity index (χ0) is 17.6. The van der Waals surface area contributed by atoms with Crippen LogP contribution < -0.4 is 4.57 Å². The molecular weight excluding hydrogens is 306 g/mol. The number of aromatic nitrogens is 2. The van der Waals surface area contributed by atoms with Gasteiger partial charge >= 0.3 is 0 Å². The second-order valence-corrected chi connectivity index (χ2v) is 8.27. The fraction of sp³-hybridized carbons (Fsp3) is 0.364. The van der Waals surface area contributed by atoms with Crippen molar-refractivity contribution in [1.82, 2.24) is 4.98 Å². The lowest BCUT2D eigenvalue weighted by Crippen LogP contribution is -2.51. The van der Waals surface area contributed by atoms with Gasteiger partial charge in [-0.05, 0) is 54.0 Å². The van der Waals surface area contributed by atoms with Crippen LogP contribution in [0.2, 0.25) is 0 Å². The molecule has 1 aromatic heterocycles. The minimum Gasteiger partial charge on any atom is -0.243 e. The van der Waals surface area contributed by atoms with Crippen molar-refractivity contribution in [3.05, 3.63) is 64.5 Å². The van der Waals surface area contributed by atoms with E-state index in [-0.39, 0.29) is 10.8 Å². The Morgan fingerprint density at radius 2 is 2.20 bits per heavy atom. The second kappa shape index (κ2) is 4.32. The average Bonchev–Trinajstić information content (AvgIpc) is 3.05. The van der Waals surface area contributed by atoms with Gasteiger partial charge in [-0.25, -0.2) is 9.55 Å². The van der Waals surface area contributed by atoms with Crippen molar-refractivity contribution in [3.63, 3.8) is 0 Å². The molecule has 0 saturated heterocycles. The zero-order valence-electron chi connectivity index (χ0n) is 15.1. The minimum atomic E-state index is 0.0172. The molecule has 1 aromatic carbocycles. The molecule has 2 unspecified atom stereocenters. The molecule has 5 rings (SSSR count). The molecule has 2 aliphatic carbocycles. The van der Waals surface area contributed by atoms with Crippen LogP contribution in [0.3, 0.4) is 0 Å². The topological polar surface area (TPSA) is 43.5 Å². The van der Waals surface area contributed by atoms with Gasteiger partial charge in [0.2, 0.25) is 0 Å². The first kappa shape index (κ1) is 14.7. The maximum atomic E-state index is 9.96. The van der Waals surface area contributed by atoms with E-state index in [1.807, 2.05) is 6.20 Å². The van der Waals surface area contributed by atoms with Crippen LogP contribution in [0.15, 0.2) is 36.7 Å². The van der Waals surface area contributed by atoms with E-state index >= 15 is 0 Å². The molecule has 2 atom stereocenters. The highest BCUT2D eigenvalue weighted by atomic mass is 15.1. The molecule has 0 fully saturated rings. The molecule has 1 spiro atoms. The molecule has 3 aliphatic rings. The van der Waals surface area contributed by atoms with Crippen molar-refractivity contribution in [1.29, 1.82) is 5.26 Å². The number of benzene rings is 1. The number of nitrogens with one attached hydrogen (secondary N) is 1. The molecule has 2 heterocycles. The largest absolute Gasteiger partial charge is 0.287 e. The van der Waals surface area contributed by atoms with E-state index in [1.165, 1.54) is 27.8 Å². The molecule has 3 nitrogen and oxygen atoms in total. The van der Waals surface area contributed by atoms with Gasteiger partial charge in [-0.3, -0.25) is 0 Å². The Hall–Kier alpha value is -2.60. The summed E-state index contributed by atoms with van der Waals surface area (Å²) < 4.78 is 2.35. The predicted molar refractivity (Wildman–Crippen MR) is 97.1 cm³/mol. The lowest BCUT2D eigenvalue weighted by atomic mass is 9.77. The standard InChI is InChI=1S/C22H21N3/c1-5-7-21(3,4)11-14-15(12-23)13(2)18-19-17(14)20-24-9-10-25(20)16-6-8-22(16,18)19/h5-10,16H,11H2,1-4H3/p+1/b7-5-. The molecule has 0 amide bonds. The quantitative estimate of drug-likeness (QED) is 0.671. The Morgan fingerprint density at radius 1 is 1.40 bits per heavy atom. The number of imidazole rings is 1. The van der Waals surface area contributed by atoms with Crippen LogP contribution in [0.5, 0.6) is 0 Å². The summed E-state index contributed by atoms with van der Waals surface area (Å²) in [4.78, 5) is 3.45. The van der Waals surface area contributed by atoms with Crippen LogP contribution in [0, 0.1) is 23.7 Å². The van der Waals surface area contributed by atoms with Crippen LogP contribution in [0.1, 0.15) is 54.6 Å². The Labute approximate surface area is 148 Å². The SMILES string of the molecule is C/C=C\C(C)(C)Cc1c(C#N)c(C)c2c3c1-c1[nH]cc[n+]1C1C=CC231. The summed E-state index contributed by atoms with van der Waals surface area (Å²) in [6, 6.07) is 2.91. The number of nitrogens with zero attached hydrogens (tertiary/aromatic N) is 2.